The third-order valence-electron chi connectivity index (χ3n) is 3.25. The van der Waals surface area contributed by atoms with E-state index in [4.69, 9.17) is 10.2 Å². The topological polar surface area (TPSA) is 64.1 Å². The lowest BCUT2D eigenvalue weighted by Gasteiger charge is -2.10. The zero-order valence-corrected chi connectivity index (χ0v) is 11.6. The first kappa shape index (κ1) is 12.5. The molecule has 3 rings (SSSR count). The Kier molecular flexibility index (Phi) is 3.06. The van der Waals surface area contributed by atoms with E-state index in [1.165, 1.54) is 0 Å². The summed E-state index contributed by atoms with van der Waals surface area (Å²) in [6, 6.07) is 12.0. The fourth-order valence-electron chi connectivity index (χ4n) is 2.24. The van der Waals surface area contributed by atoms with E-state index < -0.39 is 0 Å². The Morgan fingerprint density at radius 1 is 1.15 bits per heavy atom. The number of nitrogens with one attached hydrogen (secondary N) is 1. The van der Waals surface area contributed by atoms with E-state index in [2.05, 4.69) is 10.3 Å². The number of nitrogens with two attached hydrogens (primary N) is 1. The molecular formula is C16H17N3O. The van der Waals surface area contributed by atoms with E-state index in [0.29, 0.717) is 12.4 Å². The Balaban J connectivity index is 1.79. The van der Waals surface area contributed by atoms with Gasteiger partial charge in [-0.3, -0.25) is 0 Å². The smallest absolute Gasteiger partial charge is 0.192 e. The Morgan fingerprint density at radius 3 is 2.80 bits per heavy atom. The number of rotatable bonds is 3. The van der Waals surface area contributed by atoms with Crippen LogP contribution in [0.1, 0.15) is 17.0 Å². The molecule has 0 amide bonds. The Bertz CT molecular complexity index is 762. The fraction of sp³-hybridized carbons (Fsp3) is 0.188. The molecule has 0 fully saturated rings. The van der Waals surface area contributed by atoms with Gasteiger partial charge in [-0.05, 0) is 42.3 Å². The van der Waals surface area contributed by atoms with Crippen LogP contribution in [0.2, 0.25) is 0 Å². The van der Waals surface area contributed by atoms with E-state index in [-0.39, 0.29) is 0 Å². The normalized spacial score (nSPS) is 10.9. The zero-order valence-electron chi connectivity index (χ0n) is 11.6. The number of hydrogen-bond donors (Lipinski definition) is 2. The molecule has 2 aromatic carbocycles. The van der Waals surface area contributed by atoms with Crippen LogP contribution >= 0.6 is 0 Å². The minimum absolute atomic E-state index is 0.688. The van der Waals surface area contributed by atoms with E-state index >= 15 is 0 Å². The van der Waals surface area contributed by atoms with Gasteiger partial charge in [-0.25, -0.2) is 4.98 Å². The van der Waals surface area contributed by atoms with E-state index in [9.17, 15) is 0 Å². The largest absolute Gasteiger partial charge is 0.441 e. The van der Waals surface area contributed by atoms with Crippen molar-refractivity contribution in [3.63, 3.8) is 0 Å². The SMILES string of the molecule is Cc1ccc(NCc2ccc3oc(C)nc3c2)c(N)c1. The Hall–Kier alpha value is -2.49. The Labute approximate surface area is 117 Å². The molecule has 4 heteroatoms. The van der Waals surface area contributed by atoms with Crippen LogP contribution in [0.5, 0.6) is 0 Å². The maximum Gasteiger partial charge on any atom is 0.192 e. The monoisotopic (exact) mass is 267 g/mol. The second-order valence-electron chi connectivity index (χ2n) is 4.98. The Morgan fingerprint density at radius 2 is 2.00 bits per heavy atom. The summed E-state index contributed by atoms with van der Waals surface area (Å²) in [6.07, 6.45) is 0. The maximum absolute atomic E-state index is 5.99. The molecule has 0 aliphatic rings. The standard InChI is InChI=1S/C16H17N3O/c1-10-3-5-14(13(17)7-10)18-9-12-4-6-16-15(8-12)19-11(2)20-16/h3-8,18H,9,17H2,1-2H3. The van der Waals surface area contributed by atoms with Gasteiger partial charge in [0, 0.05) is 13.5 Å². The molecule has 0 saturated carbocycles. The highest BCUT2D eigenvalue weighted by atomic mass is 16.3. The van der Waals surface area contributed by atoms with Crippen molar-refractivity contribution in [3.8, 4) is 0 Å². The van der Waals surface area contributed by atoms with E-state index in [0.717, 1.165) is 33.6 Å². The van der Waals surface area contributed by atoms with Gasteiger partial charge in [0.1, 0.15) is 5.52 Å². The van der Waals surface area contributed by atoms with Crippen LogP contribution in [-0.2, 0) is 6.54 Å². The summed E-state index contributed by atoms with van der Waals surface area (Å²) in [6.45, 7) is 4.58. The number of nitrogen functional groups attached to an aromatic ring is 1. The summed E-state index contributed by atoms with van der Waals surface area (Å²) in [7, 11) is 0. The summed E-state index contributed by atoms with van der Waals surface area (Å²) >= 11 is 0. The molecule has 0 radical (unpaired) electrons. The molecule has 0 spiro atoms. The lowest BCUT2D eigenvalue weighted by atomic mass is 10.1. The number of hydrogen-bond acceptors (Lipinski definition) is 4. The van der Waals surface area contributed by atoms with Gasteiger partial charge >= 0.3 is 0 Å². The summed E-state index contributed by atoms with van der Waals surface area (Å²) in [5, 5.41) is 3.34. The molecule has 0 bridgehead atoms. The fourth-order valence-corrected chi connectivity index (χ4v) is 2.24. The first-order chi connectivity index (χ1) is 9.61. The van der Waals surface area contributed by atoms with Gasteiger partial charge in [-0.1, -0.05) is 12.1 Å². The van der Waals surface area contributed by atoms with Crippen LogP contribution in [0, 0.1) is 13.8 Å². The van der Waals surface area contributed by atoms with Crippen molar-refractivity contribution in [2.75, 3.05) is 11.1 Å². The maximum atomic E-state index is 5.99. The highest BCUT2D eigenvalue weighted by molar-refractivity contribution is 5.73. The number of aromatic nitrogens is 1. The number of aryl methyl sites for hydroxylation is 2. The quantitative estimate of drug-likeness (QED) is 0.711. The predicted molar refractivity (Wildman–Crippen MR) is 81.7 cm³/mol. The van der Waals surface area contributed by atoms with Crippen LogP contribution in [-0.4, -0.2) is 4.98 Å². The summed E-state index contributed by atoms with van der Waals surface area (Å²) < 4.78 is 5.47. The molecule has 0 atom stereocenters. The van der Waals surface area contributed by atoms with Gasteiger partial charge in [-0.15, -0.1) is 0 Å². The lowest BCUT2D eigenvalue weighted by molar-refractivity contribution is 0.561. The van der Waals surface area contributed by atoms with Crippen LogP contribution in [0.3, 0.4) is 0 Å². The minimum atomic E-state index is 0.688. The van der Waals surface area contributed by atoms with Crippen LogP contribution in [0.15, 0.2) is 40.8 Å². The molecular weight excluding hydrogens is 250 g/mol. The molecule has 4 nitrogen and oxygen atoms in total. The van der Waals surface area contributed by atoms with Crippen molar-refractivity contribution < 1.29 is 4.42 Å². The number of benzene rings is 2. The second kappa shape index (κ2) is 4.89. The van der Waals surface area contributed by atoms with Gasteiger partial charge in [0.25, 0.3) is 0 Å². The third-order valence-corrected chi connectivity index (χ3v) is 3.25. The second-order valence-corrected chi connectivity index (χ2v) is 4.98. The molecule has 3 N–H and O–H groups in total. The highest BCUT2D eigenvalue weighted by Gasteiger charge is 2.04. The zero-order chi connectivity index (χ0) is 14.1. The van der Waals surface area contributed by atoms with Crippen molar-refractivity contribution in [2.45, 2.75) is 20.4 Å². The molecule has 3 aromatic rings. The molecule has 20 heavy (non-hydrogen) atoms. The number of oxazole rings is 1. The van der Waals surface area contributed by atoms with E-state index in [1.54, 1.807) is 0 Å². The molecule has 1 aromatic heterocycles. The van der Waals surface area contributed by atoms with Crippen LogP contribution < -0.4 is 11.1 Å². The van der Waals surface area contributed by atoms with Crippen molar-refractivity contribution >= 4 is 22.5 Å². The average molecular weight is 267 g/mol. The van der Waals surface area contributed by atoms with E-state index in [1.807, 2.05) is 50.2 Å². The molecule has 102 valence electrons. The molecule has 0 saturated heterocycles. The number of anilines is 2. The molecule has 0 aliphatic heterocycles. The van der Waals surface area contributed by atoms with Crippen molar-refractivity contribution in [1.29, 1.82) is 0 Å². The van der Waals surface area contributed by atoms with Crippen LogP contribution in [0.4, 0.5) is 11.4 Å². The number of fused-ring (bicyclic) bond motifs is 1. The molecule has 0 unspecified atom stereocenters. The summed E-state index contributed by atoms with van der Waals surface area (Å²) in [5.41, 5.74) is 11.7. The minimum Gasteiger partial charge on any atom is -0.441 e. The van der Waals surface area contributed by atoms with Crippen LogP contribution in [0.25, 0.3) is 11.1 Å². The number of nitrogens with zero attached hydrogens (tertiary/aromatic N) is 1. The summed E-state index contributed by atoms with van der Waals surface area (Å²) in [5.74, 6) is 0.688. The molecule has 1 heterocycles. The summed E-state index contributed by atoms with van der Waals surface area (Å²) in [4.78, 5) is 4.34. The first-order valence-electron chi connectivity index (χ1n) is 6.58. The van der Waals surface area contributed by atoms with Gasteiger partial charge < -0.3 is 15.5 Å². The van der Waals surface area contributed by atoms with Gasteiger partial charge in [-0.2, -0.15) is 0 Å². The van der Waals surface area contributed by atoms with Gasteiger partial charge in [0.05, 0.1) is 11.4 Å². The predicted octanol–water partition coefficient (Wildman–Crippen LogP) is 3.64. The van der Waals surface area contributed by atoms with Gasteiger partial charge in [0.2, 0.25) is 0 Å². The van der Waals surface area contributed by atoms with Gasteiger partial charge in [0.15, 0.2) is 11.5 Å². The molecule has 0 aliphatic carbocycles. The third kappa shape index (κ3) is 2.45. The van der Waals surface area contributed by atoms with Crippen molar-refractivity contribution in [3.05, 3.63) is 53.4 Å². The van der Waals surface area contributed by atoms with Crippen molar-refractivity contribution in [1.82, 2.24) is 4.98 Å². The highest BCUT2D eigenvalue weighted by Crippen LogP contribution is 2.21. The lowest BCUT2D eigenvalue weighted by Crippen LogP contribution is -2.02. The van der Waals surface area contributed by atoms with Crippen molar-refractivity contribution in [2.24, 2.45) is 0 Å². The average Bonchev–Trinajstić information content (AvgIpc) is 2.77. The first-order valence-corrected chi connectivity index (χ1v) is 6.58.